The second-order valence-electron chi connectivity index (χ2n) is 5.77. The maximum atomic E-state index is 10.6. The van der Waals surface area contributed by atoms with E-state index in [2.05, 4.69) is 0 Å². The molecule has 0 aromatic heterocycles. The number of hydrogen-bond acceptors (Lipinski definition) is 5. The van der Waals surface area contributed by atoms with Gasteiger partial charge in [-0.15, -0.1) is 11.8 Å². The summed E-state index contributed by atoms with van der Waals surface area (Å²) in [6, 6.07) is 10.1. The maximum absolute atomic E-state index is 10.6. The fourth-order valence-electron chi connectivity index (χ4n) is 2.47. The molecule has 20 heavy (non-hydrogen) atoms. The molecule has 1 N–H and O–H groups in total. The molecule has 0 amide bonds. The zero-order chi connectivity index (χ0) is 14.2. The quantitative estimate of drug-likeness (QED) is 0.905. The van der Waals surface area contributed by atoms with Gasteiger partial charge in [-0.1, -0.05) is 18.2 Å². The lowest BCUT2D eigenvalue weighted by molar-refractivity contribution is -0.312. The van der Waals surface area contributed by atoms with Crippen LogP contribution in [0.15, 0.2) is 35.2 Å². The number of aliphatic hydroxyl groups is 1. The summed E-state index contributed by atoms with van der Waals surface area (Å²) in [6.45, 7) is 4.99. The van der Waals surface area contributed by atoms with Gasteiger partial charge < -0.3 is 19.3 Å². The third-order valence-electron chi connectivity index (χ3n) is 3.79. The van der Waals surface area contributed by atoms with Crippen LogP contribution in [-0.4, -0.2) is 47.7 Å². The van der Waals surface area contributed by atoms with Crippen LogP contribution in [0.4, 0.5) is 0 Å². The largest absolute Gasteiger partial charge is 0.389 e. The second-order valence-corrected chi connectivity index (χ2v) is 7.08. The summed E-state index contributed by atoms with van der Waals surface area (Å²) in [5.74, 6) is -0.598. The van der Waals surface area contributed by atoms with Gasteiger partial charge in [-0.05, 0) is 26.0 Å². The normalized spacial score (nSPS) is 31.6. The number of aliphatic hydroxyl groups excluding tert-OH is 1. The van der Waals surface area contributed by atoms with Gasteiger partial charge in [0.2, 0.25) is 0 Å². The van der Waals surface area contributed by atoms with Crippen LogP contribution in [0.25, 0.3) is 0 Å². The van der Waals surface area contributed by atoms with Crippen molar-refractivity contribution in [2.45, 2.75) is 41.5 Å². The van der Waals surface area contributed by atoms with Gasteiger partial charge in [0.15, 0.2) is 5.79 Å². The summed E-state index contributed by atoms with van der Waals surface area (Å²) in [5.41, 5.74) is -0.720. The highest BCUT2D eigenvalue weighted by molar-refractivity contribution is 8.00. The minimum absolute atomic E-state index is 0.00538. The van der Waals surface area contributed by atoms with Crippen LogP contribution in [0.3, 0.4) is 0 Å². The number of hydrogen-bond donors (Lipinski definition) is 1. The van der Waals surface area contributed by atoms with Crippen LogP contribution in [0.1, 0.15) is 13.8 Å². The first-order valence-electron chi connectivity index (χ1n) is 6.82. The predicted octanol–water partition coefficient (Wildman–Crippen LogP) is 2.06. The molecular weight excluding hydrogens is 276 g/mol. The Hall–Kier alpha value is -0.590. The molecule has 0 saturated carbocycles. The lowest BCUT2D eigenvalue weighted by Crippen LogP contribution is -2.57. The number of benzene rings is 1. The van der Waals surface area contributed by atoms with Gasteiger partial charge in [0.05, 0.1) is 25.1 Å². The molecule has 2 saturated heterocycles. The Morgan fingerprint density at radius 2 is 1.75 bits per heavy atom. The van der Waals surface area contributed by atoms with E-state index in [1.54, 1.807) is 11.8 Å². The Balaban J connectivity index is 1.67. The summed E-state index contributed by atoms with van der Waals surface area (Å²) in [7, 11) is 0. The molecular formula is C15H20O4S. The lowest BCUT2D eigenvalue weighted by Gasteiger charge is -2.42. The molecule has 5 heteroatoms. The molecule has 0 radical (unpaired) electrons. The van der Waals surface area contributed by atoms with Gasteiger partial charge >= 0.3 is 0 Å². The van der Waals surface area contributed by atoms with E-state index in [0.29, 0.717) is 19.8 Å². The van der Waals surface area contributed by atoms with Crippen LogP contribution >= 0.6 is 11.8 Å². The molecule has 1 aromatic rings. The van der Waals surface area contributed by atoms with Crippen LogP contribution in [-0.2, 0) is 14.2 Å². The second kappa shape index (κ2) is 5.31. The highest BCUT2D eigenvalue weighted by Gasteiger charge is 2.53. The van der Waals surface area contributed by atoms with Crippen LogP contribution < -0.4 is 0 Å². The number of thioether (sulfide) groups is 1. The van der Waals surface area contributed by atoms with Gasteiger partial charge in [-0.3, -0.25) is 0 Å². The number of ether oxygens (including phenoxy) is 3. The predicted molar refractivity (Wildman–Crippen MR) is 76.8 cm³/mol. The van der Waals surface area contributed by atoms with Crippen molar-refractivity contribution in [1.82, 2.24) is 0 Å². The third kappa shape index (κ3) is 2.73. The first kappa shape index (κ1) is 14.4. The van der Waals surface area contributed by atoms with Crippen molar-refractivity contribution in [3.63, 3.8) is 0 Å². The zero-order valence-electron chi connectivity index (χ0n) is 11.7. The highest BCUT2D eigenvalue weighted by atomic mass is 32.2. The molecule has 2 atom stereocenters. The zero-order valence-corrected chi connectivity index (χ0v) is 12.6. The monoisotopic (exact) mass is 296 g/mol. The summed E-state index contributed by atoms with van der Waals surface area (Å²) < 4.78 is 17.2. The van der Waals surface area contributed by atoms with Gasteiger partial charge in [-0.25, -0.2) is 0 Å². The maximum Gasteiger partial charge on any atom is 0.163 e. The Kier molecular flexibility index (Phi) is 3.81. The van der Waals surface area contributed by atoms with Crippen molar-refractivity contribution in [2.24, 2.45) is 0 Å². The van der Waals surface area contributed by atoms with Gasteiger partial charge in [0.1, 0.15) is 11.7 Å². The summed E-state index contributed by atoms with van der Waals surface area (Å²) in [4.78, 5) is 1.13. The topological polar surface area (TPSA) is 47.9 Å². The van der Waals surface area contributed by atoms with Crippen molar-refractivity contribution in [3.05, 3.63) is 30.3 Å². The molecule has 1 spiro atoms. The molecule has 0 aliphatic carbocycles. The fourth-order valence-corrected chi connectivity index (χ4v) is 3.64. The fraction of sp³-hybridized carbons (Fsp3) is 0.600. The van der Waals surface area contributed by atoms with Crippen molar-refractivity contribution in [1.29, 1.82) is 0 Å². The van der Waals surface area contributed by atoms with E-state index in [1.807, 2.05) is 44.2 Å². The van der Waals surface area contributed by atoms with E-state index in [1.165, 1.54) is 0 Å². The summed E-state index contributed by atoms with van der Waals surface area (Å²) in [5, 5.41) is 10.6. The minimum atomic E-state index is -0.720. The molecule has 2 aliphatic rings. The Morgan fingerprint density at radius 3 is 2.40 bits per heavy atom. The molecule has 0 unspecified atom stereocenters. The van der Waals surface area contributed by atoms with Gasteiger partial charge in [0.25, 0.3) is 0 Å². The third-order valence-corrected chi connectivity index (χ3v) is 5.03. The first-order chi connectivity index (χ1) is 9.51. The van der Waals surface area contributed by atoms with E-state index in [0.717, 1.165) is 4.90 Å². The molecule has 1 aromatic carbocycles. The standard InChI is InChI=1S/C15H20O4S/c1-14(2)18-9-15(10-19-14)13(16)12(8-17-15)20-11-6-4-3-5-7-11/h3-7,12-13,16H,8-10H2,1-2H3/t12-,13+/m1/s1. The molecule has 110 valence electrons. The Morgan fingerprint density at radius 1 is 1.10 bits per heavy atom. The van der Waals surface area contributed by atoms with E-state index in [4.69, 9.17) is 14.2 Å². The Bertz CT molecular complexity index is 452. The number of rotatable bonds is 2. The van der Waals surface area contributed by atoms with Gasteiger partial charge in [0, 0.05) is 4.90 Å². The Labute approximate surface area is 123 Å². The molecule has 2 fully saturated rings. The smallest absolute Gasteiger partial charge is 0.163 e. The van der Waals surface area contributed by atoms with Crippen molar-refractivity contribution in [2.75, 3.05) is 19.8 Å². The average molecular weight is 296 g/mol. The first-order valence-corrected chi connectivity index (χ1v) is 7.70. The molecule has 2 aliphatic heterocycles. The van der Waals surface area contributed by atoms with Crippen LogP contribution in [0.2, 0.25) is 0 Å². The van der Waals surface area contributed by atoms with Crippen molar-refractivity contribution in [3.8, 4) is 0 Å². The molecule has 2 heterocycles. The van der Waals surface area contributed by atoms with Crippen molar-refractivity contribution >= 4 is 11.8 Å². The van der Waals surface area contributed by atoms with Gasteiger partial charge in [-0.2, -0.15) is 0 Å². The summed E-state index contributed by atoms with van der Waals surface area (Å²) >= 11 is 1.64. The van der Waals surface area contributed by atoms with Crippen molar-refractivity contribution < 1.29 is 19.3 Å². The van der Waals surface area contributed by atoms with E-state index in [9.17, 15) is 5.11 Å². The molecule has 0 bridgehead atoms. The average Bonchev–Trinajstić information content (AvgIpc) is 2.73. The van der Waals surface area contributed by atoms with E-state index < -0.39 is 17.5 Å². The van der Waals surface area contributed by atoms with E-state index in [-0.39, 0.29) is 5.25 Å². The van der Waals surface area contributed by atoms with Crippen LogP contribution in [0.5, 0.6) is 0 Å². The minimum Gasteiger partial charge on any atom is -0.389 e. The van der Waals surface area contributed by atoms with Crippen LogP contribution in [0, 0.1) is 0 Å². The molecule has 3 rings (SSSR count). The lowest BCUT2D eigenvalue weighted by atomic mass is 9.97. The summed E-state index contributed by atoms with van der Waals surface area (Å²) in [6.07, 6.45) is -0.594. The highest BCUT2D eigenvalue weighted by Crippen LogP contribution is 2.40. The molecule has 4 nitrogen and oxygen atoms in total. The van der Waals surface area contributed by atoms with E-state index >= 15 is 0 Å². The SMILES string of the molecule is CC1(C)OCC2(CO1)OC[C@@H](Sc1ccccc1)[C@@H]2O.